The number of hydrogen-bond donors (Lipinski definition) is 0. The fraction of sp³-hybridized carbons (Fsp3) is 0.450. The summed E-state index contributed by atoms with van der Waals surface area (Å²) >= 11 is 0. The van der Waals surface area contributed by atoms with E-state index in [-0.39, 0.29) is 12.2 Å². The van der Waals surface area contributed by atoms with E-state index in [2.05, 4.69) is 17.0 Å². The SMILES string of the molecule is O=C(c1cccc2ccccc12)N1CCN(CCC2OCCO2)CC1. The van der Waals surface area contributed by atoms with Crippen LogP contribution >= 0.6 is 0 Å². The lowest BCUT2D eigenvalue weighted by Gasteiger charge is -2.35. The summed E-state index contributed by atoms with van der Waals surface area (Å²) in [4.78, 5) is 17.3. The number of fused-ring (bicyclic) bond motifs is 1. The van der Waals surface area contributed by atoms with Crippen LogP contribution in [0.5, 0.6) is 0 Å². The fourth-order valence-electron chi connectivity index (χ4n) is 3.62. The zero-order valence-corrected chi connectivity index (χ0v) is 14.4. The molecule has 2 aromatic rings. The van der Waals surface area contributed by atoms with Crippen LogP contribution in [0, 0.1) is 0 Å². The minimum Gasteiger partial charge on any atom is -0.350 e. The maximum atomic E-state index is 13.0. The second-order valence-corrected chi connectivity index (χ2v) is 6.62. The summed E-state index contributed by atoms with van der Waals surface area (Å²) in [6.45, 7) is 5.73. The van der Waals surface area contributed by atoms with Gasteiger partial charge in [0.2, 0.25) is 0 Å². The highest BCUT2D eigenvalue weighted by atomic mass is 16.7. The van der Waals surface area contributed by atoms with Gasteiger partial charge >= 0.3 is 0 Å². The van der Waals surface area contributed by atoms with E-state index >= 15 is 0 Å². The minimum atomic E-state index is -0.0460. The molecular weight excluding hydrogens is 316 g/mol. The Morgan fingerprint density at radius 1 is 0.960 bits per heavy atom. The largest absolute Gasteiger partial charge is 0.350 e. The normalized spacial score (nSPS) is 19.6. The summed E-state index contributed by atoms with van der Waals surface area (Å²) in [7, 11) is 0. The maximum Gasteiger partial charge on any atom is 0.254 e. The number of hydrogen-bond acceptors (Lipinski definition) is 4. The molecule has 5 nitrogen and oxygen atoms in total. The first kappa shape index (κ1) is 16.5. The molecule has 2 aliphatic rings. The molecule has 0 radical (unpaired) electrons. The molecule has 2 aliphatic heterocycles. The Balaban J connectivity index is 1.36. The lowest BCUT2D eigenvalue weighted by atomic mass is 10.0. The van der Waals surface area contributed by atoms with Crippen LogP contribution in [0.15, 0.2) is 42.5 Å². The van der Waals surface area contributed by atoms with Gasteiger partial charge in [-0.05, 0) is 16.8 Å². The van der Waals surface area contributed by atoms with Gasteiger partial charge in [-0.15, -0.1) is 0 Å². The Bertz CT molecular complexity index is 729. The van der Waals surface area contributed by atoms with Gasteiger partial charge in [-0.25, -0.2) is 0 Å². The molecule has 0 aliphatic carbocycles. The summed E-state index contributed by atoms with van der Waals surface area (Å²) < 4.78 is 11.0. The van der Waals surface area contributed by atoms with Gasteiger partial charge in [0.15, 0.2) is 6.29 Å². The van der Waals surface area contributed by atoms with Crippen molar-refractivity contribution in [3.8, 4) is 0 Å². The van der Waals surface area contributed by atoms with E-state index < -0.39 is 0 Å². The molecule has 25 heavy (non-hydrogen) atoms. The Morgan fingerprint density at radius 2 is 1.68 bits per heavy atom. The highest BCUT2D eigenvalue weighted by molar-refractivity contribution is 6.07. The van der Waals surface area contributed by atoms with Crippen molar-refractivity contribution in [2.75, 3.05) is 45.9 Å². The molecule has 0 N–H and O–H groups in total. The number of ether oxygens (including phenoxy) is 2. The van der Waals surface area contributed by atoms with Gasteiger partial charge in [-0.2, -0.15) is 0 Å². The molecular formula is C20H24N2O3. The lowest BCUT2D eigenvalue weighted by molar-refractivity contribution is -0.0529. The molecule has 2 aromatic carbocycles. The van der Waals surface area contributed by atoms with Crippen molar-refractivity contribution < 1.29 is 14.3 Å². The van der Waals surface area contributed by atoms with E-state index in [1.165, 1.54) is 0 Å². The van der Waals surface area contributed by atoms with E-state index in [0.717, 1.165) is 55.5 Å². The topological polar surface area (TPSA) is 42.0 Å². The van der Waals surface area contributed by atoms with Gasteiger partial charge < -0.3 is 14.4 Å². The molecule has 0 aromatic heterocycles. The minimum absolute atomic E-state index is 0.0460. The average molecular weight is 340 g/mol. The predicted molar refractivity (Wildman–Crippen MR) is 96.6 cm³/mol. The number of piperazine rings is 1. The zero-order chi connectivity index (χ0) is 17.1. The van der Waals surface area contributed by atoms with Crippen LogP contribution in [0.4, 0.5) is 0 Å². The summed E-state index contributed by atoms with van der Waals surface area (Å²) in [6, 6.07) is 14.0. The Labute approximate surface area is 148 Å². The monoisotopic (exact) mass is 340 g/mol. The number of rotatable bonds is 4. The predicted octanol–water partition coefficient (Wildman–Crippen LogP) is 2.36. The van der Waals surface area contributed by atoms with E-state index in [0.29, 0.717) is 13.2 Å². The first-order valence-corrected chi connectivity index (χ1v) is 9.04. The summed E-state index contributed by atoms with van der Waals surface area (Å²) in [6.07, 6.45) is 0.854. The third-order valence-corrected chi connectivity index (χ3v) is 5.05. The van der Waals surface area contributed by atoms with Crippen molar-refractivity contribution in [3.05, 3.63) is 48.0 Å². The third-order valence-electron chi connectivity index (χ3n) is 5.05. The molecule has 4 rings (SSSR count). The van der Waals surface area contributed by atoms with Gasteiger partial charge in [0.05, 0.1) is 13.2 Å². The molecule has 2 saturated heterocycles. The molecule has 0 saturated carbocycles. The van der Waals surface area contributed by atoms with Crippen molar-refractivity contribution >= 4 is 16.7 Å². The van der Waals surface area contributed by atoms with E-state index in [1.54, 1.807) is 0 Å². The second-order valence-electron chi connectivity index (χ2n) is 6.62. The van der Waals surface area contributed by atoms with Crippen LogP contribution in [0.3, 0.4) is 0 Å². The van der Waals surface area contributed by atoms with Crippen molar-refractivity contribution in [1.82, 2.24) is 9.80 Å². The lowest BCUT2D eigenvalue weighted by Crippen LogP contribution is -2.49. The summed E-state index contributed by atoms with van der Waals surface area (Å²) in [5, 5.41) is 2.15. The van der Waals surface area contributed by atoms with Crippen LogP contribution in [0.25, 0.3) is 10.8 Å². The van der Waals surface area contributed by atoms with Crippen molar-refractivity contribution in [3.63, 3.8) is 0 Å². The van der Waals surface area contributed by atoms with Crippen LogP contribution in [0.2, 0.25) is 0 Å². The quantitative estimate of drug-likeness (QED) is 0.857. The number of carbonyl (C=O) groups excluding carboxylic acids is 1. The molecule has 0 spiro atoms. The smallest absolute Gasteiger partial charge is 0.254 e. The van der Waals surface area contributed by atoms with Gasteiger partial charge in [-0.3, -0.25) is 9.69 Å². The molecule has 0 bridgehead atoms. The molecule has 1 amide bonds. The van der Waals surface area contributed by atoms with E-state index in [1.807, 2.05) is 35.2 Å². The van der Waals surface area contributed by atoms with Gasteiger partial charge in [0, 0.05) is 44.7 Å². The van der Waals surface area contributed by atoms with Crippen molar-refractivity contribution in [2.45, 2.75) is 12.7 Å². The van der Waals surface area contributed by atoms with Gasteiger partial charge in [0.25, 0.3) is 5.91 Å². The molecule has 5 heteroatoms. The molecule has 132 valence electrons. The molecule has 0 unspecified atom stereocenters. The van der Waals surface area contributed by atoms with Crippen LogP contribution in [-0.2, 0) is 9.47 Å². The Morgan fingerprint density at radius 3 is 2.48 bits per heavy atom. The number of nitrogens with zero attached hydrogens (tertiary/aromatic N) is 2. The number of amides is 1. The Kier molecular flexibility index (Phi) is 4.97. The summed E-state index contributed by atoms with van der Waals surface area (Å²) in [5.41, 5.74) is 0.805. The number of benzene rings is 2. The standard InChI is InChI=1S/C20H24N2O3/c23-20(18-7-3-5-16-4-1-2-6-17(16)18)22-12-10-21(11-13-22)9-8-19-24-14-15-25-19/h1-7,19H,8-15H2. The highest BCUT2D eigenvalue weighted by Crippen LogP contribution is 2.21. The van der Waals surface area contributed by atoms with Crippen LogP contribution in [-0.4, -0.2) is 67.9 Å². The Hall–Kier alpha value is -1.95. The van der Waals surface area contributed by atoms with Crippen LogP contribution in [0.1, 0.15) is 16.8 Å². The van der Waals surface area contributed by atoms with Crippen molar-refractivity contribution in [1.29, 1.82) is 0 Å². The summed E-state index contributed by atoms with van der Waals surface area (Å²) in [5.74, 6) is 0.138. The maximum absolute atomic E-state index is 13.0. The third kappa shape index (κ3) is 3.68. The zero-order valence-electron chi connectivity index (χ0n) is 14.4. The second kappa shape index (κ2) is 7.52. The van der Waals surface area contributed by atoms with E-state index in [4.69, 9.17) is 9.47 Å². The highest BCUT2D eigenvalue weighted by Gasteiger charge is 2.24. The van der Waals surface area contributed by atoms with Crippen LogP contribution < -0.4 is 0 Å². The average Bonchev–Trinajstić information content (AvgIpc) is 3.19. The first-order chi connectivity index (χ1) is 12.3. The van der Waals surface area contributed by atoms with Gasteiger partial charge in [-0.1, -0.05) is 36.4 Å². The molecule has 0 atom stereocenters. The molecule has 2 fully saturated rings. The fourth-order valence-corrected chi connectivity index (χ4v) is 3.62. The number of carbonyl (C=O) groups is 1. The molecule has 2 heterocycles. The van der Waals surface area contributed by atoms with Crippen molar-refractivity contribution in [2.24, 2.45) is 0 Å². The van der Waals surface area contributed by atoms with Gasteiger partial charge in [0.1, 0.15) is 0 Å². The first-order valence-electron chi connectivity index (χ1n) is 9.04. The van der Waals surface area contributed by atoms with E-state index in [9.17, 15) is 4.79 Å².